The maximum absolute atomic E-state index is 12.3. The van der Waals surface area contributed by atoms with E-state index in [0.29, 0.717) is 12.1 Å². The molecule has 2 aliphatic carbocycles. The van der Waals surface area contributed by atoms with Crippen molar-refractivity contribution in [3.63, 3.8) is 0 Å². The summed E-state index contributed by atoms with van der Waals surface area (Å²) in [5.41, 5.74) is 8.49. The second kappa shape index (κ2) is 3.26. The van der Waals surface area contributed by atoms with Crippen LogP contribution in [0.25, 0.3) is 5.53 Å². The number of fused-ring (bicyclic) bond motifs is 2. The highest BCUT2D eigenvalue weighted by Crippen LogP contribution is 2.58. The third-order valence-corrected chi connectivity index (χ3v) is 4.50. The van der Waals surface area contributed by atoms with E-state index in [1.54, 1.807) is 0 Å². The van der Waals surface area contributed by atoms with Gasteiger partial charge in [0.25, 0.3) is 0 Å². The Bertz CT molecular complexity index is 445. The third-order valence-electron chi connectivity index (χ3n) is 4.50. The Balaban J connectivity index is 2.54. The molecule has 2 bridgehead atoms. The number of hydrogen-bond acceptors (Lipinski definition) is 1. The van der Waals surface area contributed by atoms with E-state index in [4.69, 9.17) is 5.53 Å². The van der Waals surface area contributed by atoms with Gasteiger partial charge in [0.2, 0.25) is 5.78 Å². The maximum atomic E-state index is 12.3. The molecule has 0 spiro atoms. The third kappa shape index (κ3) is 1.07. The van der Waals surface area contributed by atoms with Crippen LogP contribution in [0.2, 0.25) is 0 Å². The van der Waals surface area contributed by atoms with E-state index in [2.05, 4.69) is 24.4 Å². The van der Waals surface area contributed by atoms with Crippen molar-refractivity contribution < 1.29 is 9.58 Å². The molecule has 1 fully saturated rings. The van der Waals surface area contributed by atoms with Crippen molar-refractivity contribution in [2.45, 2.75) is 26.7 Å². The van der Waals surface area contributed by atoms with Gasteiger partial charge in [0.15, 0.2) is 0 Å². The average Bonchev–Trinajstić information content (AvgIpc) is 2.42. The molecule has 16 heavy (non-hydrogen) atoms. The summed E-state index contributed by atoms with van der Waals surface area (Å²) in [5, 5.41) is 0. The average molecular weight is 216 g/mol. The lowest BCUT2D eigenvalue weighted by atomic mass is 9.55. The lowest BCUT2D eigenvalue weighted by Crippen LogP contribution is -2.51. The van der Waals surface area contributed by atoms with Gasteiger partial charge in [-0.05, 0) is 24.7 Å². The maximum Gasteiger partial charge on any atom is 0.335 e. The van der Waals surface area contributed by atoms with Crippen LogP contribution < -0.4 is 0 Å². The van der Waals surface area contributed by atoms with E-state index >= 15 is 0 Å². The number of carbonyl (C=O) groups is 1. The smallest absolute Gasteiger partial charge is 0.335 e. The molecule has 0 unspecified atom stereocenters. The van der Waals surface area contributed by atoms with Crippen LogP contribution in [0.3, 0.4) is 0 Å². The normalized spacial score (nSPS) is 41.0. The van der Waals surface area contributed by atoms with Gasteiger partial charge in [0, 0.05) is 0 Å². The van der Waals surface area contributed by atoms with Gasteiger partial charge in [-0.1, -0.05) is 25.2 Å². The predicted molar refractivity (Wildman–Crippen MR) is 61.9 cm³/mol. The molecule has 0 aromatic carbocycles. The van der Waals surface area contributed by atoms with Crippen molar-refractivity contribution in [1.29, 1.82) is 0 Å². The quantitative estimate of drug-likeness (QED) is 0.397. The first kappa shape index (κ1) is 11.0. The summed E-state index contributed by atoms with van der Waals surface area (Å²) in [7, 11) is 0. The van der Waals surface area contributed by atoms with Crippen LogP contribution in [-0.2, 0) is 4.79 Å². The van der Waals surface area contributed by atoms with Crippen molar-refractivity contribution in [3.8, 4) is 0 Å². The molecular weight excluding hydrogens is 200 g/mol. The zero-order valence-corrected chi connectivity index (χ0v) is 9.73. The lowest BCUT2D eigenvalue weighted by Gasteiger charge is -2.44. The SMILES string of the molecule is C=CC[C@@]1(C)[C@@H]2C=C[C@@]1(C)C(=O)C(=[N+]=[N-])C2. The zero-order chi connectivity index (χ0) is 12.0. The molecule has 2 aliphatic rings. The second-order valence-corrected chi connectivity index (χ2v) is 5.16. The predicted octanol–water partition coefficient (Wildman–Crippen LogP) is 2.40. The first-order valence-electron chi connectivity index (χ1n) is 5.55. The monoisotopic (exact) mass is 216 g/mol. The van der Waals surface area contributed by atoms with Crippen LogP contribution in [-0.4, -0.2) is 16.3 Å². The van der Waals surface area contributed by atoms with Crippen LogP contribution in [0.15, 0.2) is 24.8 Å². The van der Waals surface area contributed by atoms with E-state index < -0.39 is 5.41 Å². The summed E-state index contributed by atoms with van der Waals surface area (Å²) >= 11 is 0. The number of hydrogen-bond donors (Lipinski definition) is 0. The molecule has 3 nitrogen and oxygen atoms in total. The van der Waals surface area contributed by atoms with Crippen molar-refractivity contribution >= 4 is 11.5 Å². The Morgan fingerprint density at radius 2 is 2.38 bits per heavy atom. The summed E-state index contributed by atoms with van der Waals surface area (Å²) < 4.78 is 0. The molecule has 3 heteroatoms. The highest BCUT2D eigenvalue weighted by Gasteiger charge is 2.61. The molecule has 0 radical (unpaired) electrons. The van der Waals surface area contributed by atoms with Crippen LogP contribution in [0.5, 0.6) is 0 Å². The van der Waals surface area contributed by atoms with E-state index in [9.17, 15) is 4.79 Å². The second-order valence-electron chi connectivity index (χ2n) is 5.16. The van der Waals surface area contributed by atoms with Crippen molar-refractivity contribution in [1.82, 2.24) is 0 Å². The number of ketones is 1. The molecule has 0 aromatic rings. The Hall–Kier alpha value is -1.47. The van der Waals surface area contributed by atoms with Crippen molar-refractivity contribution in [2.24, 2.45) is 16.7 Å². The highest BCUT2D eigenvalue weighted by molar-refractivity contribution is 6.41. The van der Waals surface area contributed by atoms with E-state index in [1.807, 2.05) is 19.1 Å². The molecule has 84 valence electrons. The summed E-state index contributed by atoms with van der Waals surface area (Å²) in [6, 6.07) is 0. The van der Waals surface area contributed by atoms with Crippen LogP contribution in [0, 0.1) is 16.7 Å². The molecule has 3 atom stereocenters. The minimum absolute atomic E-state index is 0.0515. The fraction of sp³-hybridized carbons (Fsp3) is 0.538. The van der Waals surface area contributed by atoms with Gasteiger partial charge in [-0.25, -0.2) is 0 Å². The topological polar surface area (TPSA) is 53.5 Å². The number of Topliss-reactive ketones (excluding diaryl/α,β-unsaturated/α-hetero) is 1. The molecule has 0 saturated heterocycles. The van der Waals surface area contributed by atoms with Gasteiger partial charge < -0.3 is 5.53 Å². The minimum atomic E-state index is -0.550. The van der Waals surface area contributed by atoms with E-state index in [0.717, 1.165) is 6.42 Å². The van der Waals surface area contributed by atoms with Crippen molar-refractivity contribution in [3.05, 3.63) is 30.3 Å². The molecule has 1 saturated carbocycles. The summed E-state index contributed by atoms with van der Waals surface area (Å²) in [5.74, 6) is 0.212. The molecule has 2 rings (SSSR count). The fourth-order valence-corrected chi connectivity index (χ4v) is 3.08. The first-order valence-corrected chi connectivity index (χ1v) is 5.55. The van der Waals surface area contributed by atoms with Gasteiger partial charge >= 0.3 is 5.71 Å². The molecule has 0 aliphatic heterocycles. The summed E-state index contributed by atoms with van der Waals surface area (Å²) in [6.45, 7) is 7.82. The molecular formula is C13H16N2O. The highest BCUT2D eigenvalue weighted by atomic mass is 16.1. The van der Waals surface area contributed by atoms with Gasteiger partial charge in [0.05, 0.1) is 11.8 Å². The van der Waals surface area contributed by atoms with Gasteiger partial charge in [0.1, 0.15) is 0 Å². The molecule has 0 amide bonds. The van der Waals surface area contributed by atoms with Crippen LogP contribution in [0.1, 0.15) is 26.7 Å². The number of rotatable bonds is 2. The standard InChI is InChI=1S/C13H16N2O/c1-4-6-12(2)9-5-7-13(12,3)11(16)10(8-9)15-14/h4-5,7,9H,1,6,8H2,2-3H3/t9-,12+,13+/m1/s1. The Morgan fingerprint density at radius 3 is 2.94 bits per heavy atom. The van der Waals surface area contributed by atoms with E-state index in [-0.39, 0.29) is 17.1 Å². The van der Waals surface area contributed by atoms with Gasteiger partial charge in [-0.15, -0.1) is 6.58 Å². The van der Waals surface area contributed by atoms with Crippen LogP contribution >= 0.6 is 0 Å². The number of allylic oxidation sites excluding steroid dienone is 3. The first-order chi connectivity index (χ1) is 7.49. The number of carbonyl (C=O) groups excluding carboxylic acids is 1. The molecule has 0 N–H and O–H groups in total. The summed E-state index contributed by atoms with van der Waals surface area (Å²) in [4.78, 5) is 15.4. The van der Waals surface area contributed by atoms with E-state index in [1.165, 1.54) is 0 Å². The van der Waals surface area contributed by atoms with Crippen LogP contribution in [0.4, 0.5) is 0 Å². The Labute approximate surface area is 95.5 Å². The van der Waals surface area contributed by atoms with Gasteiger partial charge in [-0.2, -0.15) is 4.79 Å². The Morgan fingerprint density at radius 1 is 1.69 bits per heavy atom. The largest absolute Gasteiger partial charge is 0.361 e. The fourth-order valence-electron chi connectivity index (χ4n) is 3.08. The lowest BCUT2D eigenvalue weighted by molar-refractivity contribution is -0.132. The molecule has 0 aromatic heterocycles. The zero-order valence-electron chi connectivity index (χ0n) is 9.73. The molecule has 0 heterocycles. The Kier molecular flexibility index (Phi) is 2.25. The van der Waals surface area contributed by atoms with Gasteiger partial charge in [-0.3, -0.25) is 4.79 Å². The van der Waals surface area contributed by atoms with Crippen molar-refractivity contribution in [2.75, 3.05) is 0 Å². The number of nitrogens with zero attached hydrogens (tertiary/aromatic N) is 2. The summed E-state index contributed by atoms with van der Waals surface area (Å²) in [6.07, 6.45) is 7.26. The minimum Gasteiger partial charge on any atom is -0.361 e.